The molecule has 0 heterocycles. The van der Waals surface area contributed by atoms with E-state index in [9.17, 15) is 13.2 Å². The molecule has 0 aromatic heterocycles. The Morgan fingerprint density at radius 3 is 2.20 bits per heavy atom. The number of carbonyl (C=O) groups excluding carboxylic acids is 1. The first kappa shape index (κ1) is 33.7. The number of anilines is 1. The topological polar surface area (TPSA) is 100 Å². The molecule has 4 aromatic carbocycles. The van der Waals surface area contributed by atoms with Gasteiger partial charge in [0.1, 0.15) is 23.0 Å². The third-order valence-electron chi connectivity index (χ3n) is 6.79. The van der Waals surface area contributed by atoms with E-state index in [0.717, 1.165) is 29.7 Å². The first-order valence-corrected chi connectivity index (χ1v) is 16.8. The number of hydrogen-bond donors (Lipinski definition) is 1. The van der Waals surface area contributed by atoms with E-state index in [-0.39, 0.29) is 11.5 Å². The van der Waals surface area contributed by atoms with Gasteiger partial charge in [0.25, 0.3) is 10.0 Å². The predicted octanol–water partition coefficient (Wildman–Crippen LogP) is 8.23. The molecular formula is C35H38ClNO7S. The lowest BCUT2D eigenvalue weighted by molar-refractivity contribution is -0.142. The lowest BCUT2D eigenvalue weighted by atomic mass is 10.1. The number of carbonyl (C=O) groups is 1. The average Bonchev–Trinajstić information content (AvgIpc) is 3.03. The zero-order valence-corrected chi connectivity index (χ0v) is 27.2. The maximum absolute atomic E-state index is 12.9. The van der Waals surface area contributed by atoms with E-state index in [1.54, 1.807) is 55.5 Å². The molecule has 0 aliphatic heterocycles. The normalized spacial score (nSPS) is 11.8. The summed E-state index contributed by atoms with van der Waals surface area (Å²) in [6.45, 7) is 6.89. The van der Waals surface area contributed by atoms with E-state index in [1.807, 2.05) is 37.3 Å². The zero-order valence-electron chi connectivity index (χ0n) is 25.6. The molecule has 0 bridgehead atoms. The van der Waals surface area contributed by atoms with Crippen LogP contribution < -0.4 is 18.9 Å². The highest BCUT2D eigenvalue weighted by Crippen LogP contribution is 2.30. The predicted molar refractivity (Wildman–Crippen MR) is 176 cm³/mol. The second kappa shape index (κ2) is 16.2. The number of rotatable bonds is 16. The molecule has 45 heavy (non-hydrogen) atoms. The summed E-state index contributed by atoms with van der Waals surface area (Å²) in [6.07, 6.45) is 2.41. The Morgan fingerprint density at radius 2 is 1.51 bits per heavy atom. The first-order chi connectivity index (χ1) is 21.7. The summed E-state index contributed by atoms with van der Waals surface area (Å²) in [5.74, 6) is 2.14. The molecule has 0 spiro atoms. The van der Waals surface area contributed by atoms with Crippen molar-refractivity contribution in [2.75, 3.05) is 24.5 Å². The standard InChI is InChI=1S/C35H38ClNO7S/c1-4-9-27-24-30(44-29-16-19-31(20-17-29)45(39,40)37-32-11-7-6-10-25(32)3)18-21-33(27)43-23-8-22-42-28-14-12-26(13-15-28)34(36)35(38)41-5-2/h6-7,10-21,24,34,37H,4-5,8-9,22-23H2,1-3H3. The Morgan fingerprint density at radius 1 is 0.844 bits per heavy atom. The maximum Gasteiger partial charge on any atom is 0.328 e. The number of alkyl halides is 1. The molecule has 0 fully saturated rings. The Balaban J connectivity index is 1.28. The van der Waals surface area contributed by atoms with Crippen LogP contribution >= 0.6 is 11.6 Å². The van der Waals surface area contributed by atoms with Crippen molar-refractivity contribution in [2.24, 2.45) is 0 Å². The van der Waals surface area contributed by atoms with Crippen LogP contribution in [0.5, 0.6) is 23.0 Å². The van der Waals surface area contributed by atoms with Crippen LogP contribution in [-0.2, 0) is 26.0 Å². The summed E-state index contributed by atoms with van der Waals surface area (Å²) in [5, 5.41) is -0.849. The van der Waals surface area contributed by atoms with Gasteiger partial charge in [-0.1, -0.05) is 43.7 Å². The Hall–Kier alpha value is -4.21. The number of esters is 1. The summed E-state index contributed by atoms with van der Waals surface area (Å²) in [6, 6.07) is 26.3. The summed E-state index contributed by atoms with van der Waals surface area (Å²) in [4.78, 5) is 12.0. The minimum absolute atomic E-state index is 0.146. The maximum atomic E-state index is 12.9. The van der Waals surface area contributed by atoms with Crippen LogP contribution in [0.2, 0.25) is 0 Å². The number of halogens is 1. The van der Waals surface area contributed by atoms with Gasteiger partial charge in [0, 0.05) is 6.42 Å². The van der Waals surface area contributed by atoms with Crippen LogP contribution in [0.25, 0.3) is 0 Å². The molecular weight excluding hydrogens is 614 g/mol. The second-order valence-corrected chi connectivity index (χ2v) is 12.4. The lowest BCUT2D eigenvalue weighted by Crippen LogP contribution is -2.13. The number of sulfonamides is 1. The van der Waals surface area contributed by atoms with Gasteiger partial charge in [0.05, 0.1) is 30.4 Å². The third-order valence-corrected chi connectivity index (χ3v) is 8.60. The first-order valence-electron chi connectivity index (χ1n) is 14.9. The molecule has 0 amide bonds. The highest BCUT2D eigenvalue weighted by atomic mass is 35.5. The van der Waals surface area contributed by atoms with Crippen molar-refractivity contribution in [2.45, 2.75) is 50.3 Å². The molecule has 0 saturated carbocycles. The minimum Gasteiger partial charge on any atom is -0.493 e. The fraction of sp³-hybridized carbons (Fsp3) is 0.286. The van der Waals surface area contributed by atoms with Gasteiger partial charge in [-0.2, -0.15) is 0 Å². The van der Waals surface area contributed by atoms with Gasteiger partial charge in [0.15, 0.2) is 5.38 Å². The van der Waals surface area contributed by atoms with E-state index >= 15 is 0 Å². The van der Waals surface area contributed by atoms with Crippen LogP contribution in [0.4, 0.5) is 5.69 Å². The van der Waals surface area contributed by atoms with Crippen molar-refractivity contribution >= 4 is 33.3 Å². The smallest absolute Gasteiger partial charge is 0.328 e. The van der Waals surface area contributed by atoms with Crippen molar-refractivity contribution in [3.05, 3.63) is 108 Å². The highest BCUT2D eigenvalue weighted by molar-refractivity contribution is 7.92. The summed E-state index contributed by atoms with van der Waals surface area (Å²) in [7, 11) is -3.74. The molecule has 0 radical (unpaired) electrons. The molecule has 1 N–H and O–H groups in total. The molecule has 238 valence electrons. The number of hydrogen-bond acceptors (Lipinski definition) is 7. The number of para-hydroxylation sites is 1. The van der Waals surface area contributed by atoms with E-state index in [0.29, 0.717) is 48.1 Å². The highest BCUT2D eigenvalue weighted by Gasteiger charge is 2.19. The van der Waals surface area contributed by atoms with Crippen LogP contribution in [0, 0.1) is 6.92 Å². The van der Waals surface area contributed by atoms with Gasteiger partial charge in [-0.05, 0) is 97.6 Å². The Bertz CT molecular complexity index is 1660. The van der Waals surface area contributed by atoms with Gasteiger partial charge in [-0.3, -0.25) is 9.52 Å². The van der Waals surface area contributed by atoms with Crippen LogP contribution in [0.3, 0.4) is 0 Å². The number of ether oxygens (including phenoxy) is 4. The monoisotopic (exact) mass is 651 g/mol. The second-order valence-electron chi connectivity index (χ2n) is 10.2. The van der Waals surface area contributed by atoms with E-state index in [1.165, 1.54) is 12.1 Å². The number of benzene rings is 4. The minimum atomic E-state index is -3.74. The van der Waals surface area contributed by atoms with E-state index < -0.39 is 21.4 Å². The average molecular weight is 652 g/mol. The fourth-order valence-electron chi connectivity index (χ4n) is 4.45. The van der Waals surface area contributed by atoms with Gasteiger partial charge in [-0.25, -0.2) is 8.42 Å². The Labute approximate surface area is 270 Å². The number of aryl methyl sites for hydroxylation is 2. The van der Waals surface area contributed by atoms with Crippen molar-refractivity contribution < 1.29 is 32.2 Å². The SMILES string of the molecule is CCCc1cc(Oc2ccc(S(=O)(=O)Nc3ccccc3C)cc2)ccc1OCCCOc1ccc(C(Cl)C(=O)OCC)cc1. The van der Waals surface area contributed by atoms with Crippen LogP contribution in [-0.4, -0.2) is 34.2 Å². The van der Waals surface area contributed by atoms with Crippen molar-refractivity contribution in [3.63, 3.8) is 0 Å². The van der Waals surface area contributed by atoms with Crippen molar-refractivity contribution in [1.29, 1.82) is 0 Å². The van der Waals surface area contributed by atoms with Gasteiger partial charge < -0.3 is 18.9 Å². The molecule has 8 nitrogen and oxygen atoms in total. The molecule has 10 heteroatoms. The van der Waals surface area contributed by atoms with Crippen LogP contribution in [0.1, 0.15) is 48.8 Å². The fourth-order valence-corrected chi connectivity index (χ4v) is 5.79. The molecule has 4 rings (SSSR count). The largest absolute Gasteiger partial charge is 0.493 e. The third kappa shape index (κ3) is 9.64. The van der Waals surface area contributed by atoms with Crippen LogP contribution in [0.15, 0.2) is 95.9 Å². The molecule has 0 aliphatic rings. The lowest BCUT2D eigenvalue weighted by Gasteiger charge is -2.14. The molecule has 1 atom stereocenters. The number of nitrogens with one attached hydrogen (secondary N) is 1. The van der Waals surface area contributed by atoms with Gasteiger partial charge in [-0.15, -0.1) is 11.6 Å². The van der Waals surface area contributed by atoms with Gasteiger partial charge in [0.2, 0.25) is 0 Å². The summed E-state index contributed by atoms with van der Waals surface area (Å²) < 4.78 is 51.2. The zero-order chi connectivity index (χ0) is 32.2. The molecule has 1 unspecified atom stereocenters. The summed E-state index contributed by atoms with van der Waals surface area (Å²) in [5.41, 5.74) is 3.05. The van der Waals surface area contributed by atoms with Crippen molar-refractivity contribution in [3.8, 4) is 23.0 Å². The summed E-state index contributed by atoms with van der Waals surface area (Å²) >= 11 is 6.16. The quantitative estimate of drug-likeness (QED) is 0.0740. The Kier molecular flexibility index (Phi) is 12.1. The van der Waals surface area contributed by atoms with Crippen molar-refractivity contribution in [1.82, 2.24) is 0 Å². The molecule has 0 aliphatic carbocycles. The van der Waals surface area contributed by atoms with E-state index in [4.69, 9.17) is 30.5 Å². The molecule has 0 saturated heterocycles. The van der Waals surface area contributed by atoms with Gasteiger partial charge >= 0.3 is 5.97 Å². The molecule has 4 aromatic rings. The van der Waals surface area contributed by atoms with E-state index in [2.05, 4.69) is 11.6 Å².